The quantitative estimate of drug-likeness (QED) is 0.515. The van der Waals surface area contributed by atoms with Crippen LogP contribution in [0.4, 0.5) is 14.9 Å². The number of halogens is 1. The summed E-state index contributed by atoms with van der Waals surface area (Å²) >= 11 is 0. The maximum atomic E-state index is 14.8. The van der Waals surface area contributed by atoms with Gasteiger partial charge >= 0.3 is 6.09 Å². The summed E-state index contributed by atoms with van der Waals surface area (Å²) in [5.74, 6) is -0.849. The SMILES string of the molecule is CCOC(=O)Nc1ccc(Cn2cc(C(=O)NC3CCCCC3O)c3c(F)cccc32)cc1. The first-order valence-corrected chi connectivity index (χ1v) is 11.2. The Morgan fingerprint density at radius 1 is 1.15 bits per heavy atom. The zero-order valence-electron chi connectivity index (χ0n) is 18.5. The molecule has 2 atom stereocenters. The number of aromatic nitrogens is 1. The van der Waals surface area contributed by atoms with Gasteiger partial charge in [0, 0.05) is 23.8 Å². The van der Waals surface area contributed by atoms with Gasteiger partial charge in [0.2, 0.25) is 0 Å². The standard InChI is InChI=1S/C25H28FN3O4/c1-2-33-25(32)27-17-12-10-16(11-13-17)14-29-15-18(23-19(26)6-5-8-21(23)29)24(31)28-20-7-3-4-9-22(20)30/h5-6,8,10-13,15,20,22,30H,2-4,7,9,14H2,1H3,(H,27,32)(H,28,31). The van der Waals surface area contributed by atoms with E-state index in [2.05, 4.69) is 10.6 Å². The molecule has 7 nitrogen and oxygen atoms in total. The molecule has 0 aliphatic heterocycles. The molecule has 0 radical (unpaired) electrons. The third kappa shape index (κ3) is 5.17. The second kappa shape index (κ2) is 10.0. The smallest absolute Gasteiger partial charge is 0.411 e. The molecule has 2 unspecified atom stereocenters. The zero-order valence-corrected chi connectivity index (χ0v) is 18.5. The van der Waals surface area contributed by atoms with Gasteiger partial charge in [0.15, 0.2) is 0 Å². The molecule has 2 amide bonds. The fourth-order valence-corrected chi connectivity index (χ4v) is 4.31. The van der Waals surface area contributed by atoms with Crippen molar-refractivity contribution in [2.24, 2.45) is 0 Å². The maximum absolute atomic E-state index is 14.8. The Labute approximate surface area is 191 Å². The lowest BCUT2D eigenvalue weighted by Gasteiger charge is -2.28. The van der Waals surface area contributed by atoms with Crippen molar-refractivity contribution in [3.05, 3.63) is 65.6 Å². The molecule has 1 aromatic heterocycles. The van der Waals surface area contributed by atoms with Gasteiger partial charge in [-0.3, -0.25) is 10.1 Å². The minimum Gasteiger partial charge on any atom is -0.450 e. The van der Waals surface area contributed by atoms with Gasteiger partial charge in [-0.25, -0.2) is 9.18 Å². The number of fused-ring (bicyclic) bond motifs is 1. The van der Waals surface area contributed by atoms with Crippen molar-refractivity contribution < 1.29 is 23.8 Å². The molecule has 1 heterocycles. The molecule has 3 N–H and O–H groups in total. The van der Waals surface area contributed by atoms with Gasteiger partial charge in [-0.15, -0.1) is 0 Å². The Balaban J connectivity index is 1.57. The topological polar surface area (TPSA) is 92.6 Å². The van der Waals surface area contributed by atoms with E-state index in [0.717, 1.165) is 18.4 Å². The van der Waals surface area contributed by atoms with Crippen LogP contribution in [0.15, 0.2) is 48.7 Å². The number of anilines is 1. The number of nitrogens with one attached hydrogen (secondary N) is 2. The van der Waals surface area contributed by atoms with Gasteiger partial charge < -0.3 is 19.7 Å². The molecule has 1 fully saturated rings. The molecule has 2 aromatic carbocycles. The van der Waals surface area contributed by atoms with Crippen molar-refractivity contribution in [1.29, 1.82) is 0 Å². The van der Waals surface area contributed by atoms with E-state index in [9.17, 15) is 19.1 Å². The first-order valence-electron chi connectivity index (χ1n) is 11.2. The number of ether oxygens (including phenoxy) is 1. The predicted octanol–water partition coefficient (Wildman–Crippen LogP) is 4.43. The third-order valence-corrected chi connectivity index (χ3v) is 5.97. The Morgan fingerprint density at radius 3 is 2.64 bits per heavy atom. The van der Waals surface area contributed by atoms with Gasteiger partial charge in [-0.1, -0.05) is 31.0 Å². The fourth-order valence-electron chi connectivity index (χ4n) is 4.31. The molecule has 0 saturated heterocycles. The van der Waals surface area contributed by atoms with Gasteiger partial charge in [-0.05, 0) is 49.6 Å². The van der Waals surface area contributed by atoms with Crippen LogP contribution in [0.1, 0.15) is 48.5 Å². The summed E-state index contributed by atoms with van der Waals surface area (Å²) in [5, 5.41) is 16.0. The Morgan fingerprint density at radius 2 is 1.91 bits per heavy atom. The van der Waals surface area contributed by atoms with Crippen LogP contribution in [-0.4, -0.2) is 40.4 Å². The van der Waals surface area contributed by atoms with E-state index < -0.39 is 18.0 Å². The highest BCUT2D eigenvalue weighted by atomic mass is 19.1. The Kier molecular flexibility index (Phi) is 6.93. The summed E-state index contributed by atoms with van der Waals surface area (Å²) in [6.07, 6.45) is 3.80. The molecule has 1 aliphatic rings. The van der Waals surface area contributed by atoms with Crippen LogP contribution in [0.2, 0.25) is 0 Å². The molecule has 0 spiro atoms. The normalized spacial score (nSPS) is 18.2. The minimum absolute atomic E-state index is 0.251. The second-order valence-electron chi connectivity index (χ2n) is 8.28. The number of benzene rings is 2. The molecular weight excluding hydrogens is 425 g/mol. The zero-order chi connectivity index (χ0) is 23.4. The predicted molar refractivity (Wildman–Crippen MR) is 124 cm³/mol. The van der Waals surface area contributed by atoms with E-state index in [0.29, 0.717) is 30.6 Å². The average Bonchev–Trinajstić information content (AvgIpc) is 3.17. The molecule has 8 heteroatoms. The lowest BCUT2D eigenvalue weighted by molar-refractivity contribution is 0.0718. The number of carbonyl (C=O) groups is 2. The molecule has 1 saturated carbocycles. The number of aliphatic hydroxyl groups excluding tert-OH is 1. The molecule has 174 valence electrons. The number of carbonyl (C=O) groups excluding carboxylic acids is 2. The van der Waals surface area contributed by atoms with Crippen molar-refractivity contribution >= 4 is 28.6 Å². The number of aliphatic hydroxyl groups is 1. The largest absolute Gasteiger partial charge is 0.450 e. The first-order chi connectivity index (χ1) is 16.0. The summed E-state index contributed by atoms with van der Waals surface area (Å²) in [7, 11) is 0. The number of hydrogen-bond donors (Lipinski definition) is 3. The van der Waals surface area contributed by atoms with Gasteiger partial charge in [0.05, 0.1) is 29.8 Å². The van der Waals surface area contributed by atoms with Crippen LogP contribution in [-0.2, 0) is 11.3 Å². The second-order valence-corrected chi connectivity index (χ2v) is 8.28. The lowest BCUT2D eigenvalue weighted by atomic mass is 9.92. The number of rotatable bonds is 6. The van der Waals surface area contributed by atoms with Crippen molar-refractivity contribution in [2.45, 2.75) is 51.3 Å². The summed E-state index contributed by atoms with van der Waals surface area (Å²) in [5.41, 5.74) is 2.38. The van der Waals surface area contributed by atoms with Crippen LogP contribution in [0.5, 0.6) is 0 Å². The van der Waals surface area contributed by atoms with Crippen LogP contribution in [0.25, 0.3) is 10.9 Å². The molecule has 1 aliphatic carbocycles. The van der Waals surface area contributed by atoms with E-state index in [-0.39, 0.29) is 29.5 Å². The molecular formula is C25H28FN3O4. The van der Waals surface area contributed by atoms with Crippen molar-refractivity contribution in [1.82, 2.24) is 9.88 Å². The Bertz CT molecular complexity index is 1140. The summed E-state index contributed by atoms with van der Waals surface area (Å²) in [4.78, 5) is 24.6. The first kappa shape index (κ1) is 22.8. The van der Waals surface area contributed by atoms with Crippen LogP contribution in [0, 0.1) is 5.82 Å². The minimum atomic E-state index is -0.581. The monoisotopic (exact) mass is 453 g/mol. The van der Waals surface area contributed by atoms with Crippen molar-refractivity contribution in [3.8, 4) is 0 Å². The Hall–Kier alpha value is -3.39. The third-order valence-electron chi connectivity index (χ3n) is 5.97. The lowest BCUT2D eigenvalue weighted by Crippen LogP contribution is -2.45. The van der Waals surface area contributed by atoms with E-state index >= 15 is 0 Å². The van der Waals surface area contributed by atoms with Crippen molar-refractivity contribution in [3.63, 3.8) is 0 Å². The van der Waals surface area contributed by atoms with E-state index in [1.165, 1.54) is 6.07 Å². The molecule has 33 heavy (non-hydrogen) atoms. The molecule has 3 aromatic rings. The summed E-state index contributed by atoms with van der Waals surface area (Å²) < 4.78 is 21.5. The highest BCUT2D eigenvalue weighted by Crippen LogP contribution is 2.27. The summed E-state index contributed by atoms with van der Waals surface area (Å²) in [6.45, 7) is 2.44. The maximum Gasteiger partial charge on any atom is 0.411 e. The van der Waals surface area contributed by atoms with Gasteiger partial charge in [-0.2, -0.15) is 0 Å². The highest BCUT2D eigenvalue weighted by Gasteiger charge is 2.27. The number of hydrogen-bond acceptors (Lipinski definition) is 4. The summed E-state index contributed by atoms with van der Waals surface area (Å²) in [6, 6.07) is 11.6. The van der Waals surface area contributed by atoms with E-state index in [4.69, 9.17) is 4.74 Å². The van der Waals surface area contributed by atoms with Crippen molar-refractivity contribution in [2.75, 3.05) is 11.9 Å². The number of amides is 2. The molecule has 4 rings (SSSR count). The van der Waals surface area contributed by atoms with Crippen LogP contribution < -0.4 is 10.6 Å². The van der Waals surface area contributed by atoms with Crippen LogP contribution >= 0.6 is 0 Å². The average molecular weight is 454 g/mol. The van der Waals surface area contributed by atoms with E-state index in [1.807, 2.05) is 16.7 Å². The molecule has 0 bridgehead atoms. The van der Waals surface area contributed by atoms with Gasteiger partial charge in [0.25, 0.3) is 5.91 Å². The van der Waals surface area contributed by atoms with E-state index in [1.54, 1.807) is 37.4 Å². The highest BCUT2D eigenvalue weighted by molar-refractivity contribution is 6.07. The fraction of sp³-hybridized carbons (Fsp3) is 0.360. The van der Waals surface area contributed by atoms with Gasteiger partial charge in [0.1, 0.15) is 5.82 Å². The van der Waals surface area contributed by atoms with Crippen LogP contribution in [0.3, 0.4) is 0 Å². The number of nitrogens with zero attached hydrogens (tertiary/aromatic N) is 1.